The summed E-state index contributed by atoms with van der Waals surface area (Å²) >= 11 is 0. The molecule has 4 rings (SSSR count). The first kappa shape index (κ1) is 12.6. The zero-order valence-electron chi connectivity index (χ0n) is 11.2. The van der Waals surface area contributed by atoms with E-state index in [0.717, 1.165) is 18.4 Å². The Hall–Kier alpha value is -2.11. The lowest BCUT2D eigenvalue weighted by Crippen LogP contribution is -2.10. The lowest BCUT2D eigenvalue weighted by Gasteiger charge is -2.11. The van der Waals surface area contributed by atoms with E-state index in [9.17, 15) is 13.6 Å². The Labute approximate surface area is 119 Å². The molecule has 2 atom stereocenters. The first-order valence-corrected chi connectivity index (χ1v) is 7.03. The van der Waals surface area contributed by atoms with Crippen LogP contribution >= 0.6 is 0 Å². The number of hydrogen-bond acceptors (Lipinski definition) is 3. The van der Waals surface area contributed by atoms with Crippen LogP contribution in [0.4, 0.5) is 8.78 Å². The van der Waals surface area contributed by atoms with E-state index in [2.05, 4.69) is 10.1 Å². The highest BCUT2D eigenvalue weighted by atomic mass is 19.1. The number of nitrogens with zero attached hydrogens (tertiary/aromatic N) is 3. The van der Waals surface area contributed by atoms with E-state index in [1.165, 1.54) is 16.8 Å². The van der Waals surface area contributed by atoms with Crippen molar-refractivity contribution in [2.45, 2.75) is 31.5 Å². The summed E-state index contributed by atoms with van der Waals surface area (Å²) in [4.78, 5) is 16.1. The predicted molar refractivity (Wildman–Crippen MR) is 70.1 cm³/mol. The highest BCUT2D eigenvalue weighted by molar-refractivity contribution is 5.95. The van der Waals surface area contributed by atoms with Crippen LogP contribution in [0.15, 0.2) is 24.3 Å². The molecule has 4 nitrogen and oxygen atoms in total. The molecule has 1 aromatic carbocycles. The van der Waals surface area contributed by atoms with E-state index < -0.39 is 6.17 Å². The Balaban J connectivity index is 1.71. The first-order chi connectivity index (χ1) is 10.1. The Kier molecular flexibility index (Phi) is 2.67. The normalized spacial score (nSPS) is 24.1. The number of carbonyl (C=O) groups is 1. The van der Waals surface area contributed by atoms with Crippen LogP contribution in [-0.2, 0) is 0 Å². The molecule has 1 aliphatic heterocycles. The second kappa shape index (κ2) is 4.44. The molecule has 2 unspecified atom stereocenters. The van der Waals surface area contributed by atoms with Crippen molar-refractivity contribution in [2.24, 2.45) is 5.92 Å². The number of carbonyl (C=O) groups excluding carboxylic acids is 1. The molecule has 1 fully saturated rings. The van der Waals surface area contributed by atoms with Gasteiger partial charge in [0, 0.05) is 12.3 Å². The second-order valence-electron chi connectivity index (χ2n) is 5.65. The topological polar surface area (TPSA) is 47.8 Å². The average molecular weight is 289 g/mol. The minimum atomic E-state index is -1.24. The highest BCUT2D eigenvalue weighted by Gasteiger charge is 2.39. The lowest BCUT2D eigenvalue weighted by molar-refractivity contribution is 0.0956. The summed E-state index contributed by atoms with van der Waals surface area (Å²) < 4.78 is 28.6. The summed E-state index contributed by atoms with van der Waals surface area (Å²) in [6, 6.07) is 5.59. The zero-order valence-corrected chi connectivity index (χ0v) is 11.2. The molecule has 0 bridgehead atoms. The fourth-order valence-electron chi connectivity index (χ4n) is 2.77. The van der Waals surface area contributed by atoms with E-state index in [1.807, 2.05) is 0 Å². The number of halogens is 2. The van der Waals surface area contributed by atoms with Gasteiger partial charge in [0.2, 0.25) is 11.6 Å². The molecule has 1 saturated carbocycles. The van der Waals surface area contributed by atoms with E-state index in [-0.39, 0.29) is 41.6 Å². The minimum Gasteiger partial charge on any atom is -0.290 e. The Morgan fingerprint density at radius 2 is 1.95 bits per heavy atom. The van der Waals surface area contributed by atoms with Gasteiger partial charge in [0.25, 0.3) is 0 Å². The summed E-state index contributed by atoms with van der Waals surface area (Å²) in [6.45, 7) is 0. The molecule has 0 spiro atoms. The van der Waals surface area contributed by atoms with Gasteiger partial charge in [0.05, 0.1) is 6.04 Å². The van der Waals surface area contributed by atoms with Crippen molar-refractivity contribution in [1.82, 2.24) is 14.8 Å². The second-order valence-corrected chi connectivity index (χ2v) is 5.65. The Morgan fingerprint density at radius 1 is 1.24 bits per heavy atom. The van der Waals surface area contributed by atoms with Crippen LogP contribution in [0, 0.1) is 11.7 Å². The van der Waals surface area contributed by atoms with Gasteiger partial charge in [-0.3, -0.25) is 4.79 Å². The van der Waals surface area contributed by atoms with E-state index in [1.54, 1.807) is 12.1 Å². The van der Waals surface area contributed by atoms with Crippen molar-refractivity contribution in [3.05, 3.63) is 47.3 Å². The third kappa shape index (κ3) is 2.05. The molecule has 108 valence electrons. The molecule has 0 radical (unpaired) electrons. The maximum Gasteiger partial charge on any atom is 0.217 e. The van der Waals surface area contributed by atoms with Gasteiger partial charge in [0.15, 0.2) is 12.0 Å². The monoisotopic (exact) mass is 289 g/mol. The first-order valence-electron chi connectivity index (χ1n) is 7.03. The largest absolute Gasteiger partial charge is 0.290 e. The summed E-state index contributed by atoms with van der Waals surface area (Å²) in [5, 5.41) is 4.20. The van der Waals surface area contributed by atoms with E-state index in [0.29, 0.717) is 0 Å². The molecule has 0 saturated heterocycles. The summed E-state index contributed by atoms with van der Waals surface area (Å²) in [5.74, 6) is -0.107. The molecule has 2 aliphatic rings. The number of aromatic nitrogens is 3. The quantitative estimate of drug-likeness (QED) is 0.816. The SMILES string of the molecule is O=C(c1nc2n(n1)C(c1ccc(F)cc1)CC2F)C1CC1. The molecule has 2 aromatic rings. The molecule has 0 amide bonds. The minimum absolute atomic E-state index is 0.00968. The maximum absolute atomic E-state index is 14.1. The van der Waals surface area contributed by atoms with Crippen molar-refractivity contribution >= 4 is 5.78 Å². The standard InChI is InChI=1S/C15H13F2N3O/c16-10-5-3-8(4-6-10)12-7-11(17)15-18-14(19-20(12)15)13(21)9-1-2-9/h3-6,9,11-12H,1-2,7H2. The van der Waals surface area contributed by atoms with Crippen LogP contribution in [0.5, 0.6) is 0 Å². The number of rotatable bonds is 3. The van der Waals surface area contributed by atoms with Crippen LogP contribution < -0.4 is 0 Å². The highest BCUT2D eigenvalue weighted by Crippen LogP contribution is 2.40. The van der Waals surface area contributed by atoms with E-state index >= 15 is 0 Å². The maximum atomic E-state index is 14.1. The summed E-state index contributed by atoms with van der Waals surface area (Å²) in [7, 11) is 0. The van der Waals surface area contributed by atoms with Crippen LogP contribution in [0.3, 0.4) is 0 Å². The van der Waals surface area contributed by atoms with Crippen molar-refractivity contribution in [2.75, 3.05) is 0 Å². The van der Waals surface area contributed by atoms with Crippen LogP contribution in [0.25, 0.3) is 0 Å². The number of alkyl halides is 1. The van der Waals surface area contributed by atoms with Gasteiger partial charge in [-0.2, -0.15) is 0 Å². The Bertz CT molecular complexity index is 706. The summed E-state index contributed by atoms with van der Waals surface area (Å²) in [5.41, 5.74) is 0.771. The summed E-state index contributed by atoms with van der Waals surface area (Å²) in [6.07, 6.45) is 0.707. The van der Waals surface area contributed by atoms with Crippen LogP contribution in [-0.4, -0.2) is 20.5 Å². The fraction of sp³-hybridized carbons (Fsp3) is 0.400. The molecular weight excluding hydrogens is 276 g/mol. The third-order valence-corrected chi connectivity index (χ3v) is 4.09. The van der Waals surface area contributed by atoms with Gasteiger partial charge in [0.1, 0.15) is 5.82 Å². The van der Waals surface area contributed by atoms with Gasteiger partial charge in [-0.25, -0.2) is 18.4 Å². The molecule has 1 aliphatic carbocycles. The molecular formula is C15H13F2N3O. The zero-order chi connectivity index (χ0) is 14.6. The van der Waals surface area contributed by atoms with Crippen LogP contribution in [0.1, 0.15) is 53.5 Å². The number of ketones is 1. The third-order valence-electron chi connectivity index (χ3n) is 4.09. The van der Waals surface area contributed by atoms with Crippen molar-refractivity contribution in [1.29, 1.82) is 0 Å². The number of fused-ring (bicyclic) bond motifs is 1. The lowest BCUT2D eigenvalue weighted by atomic mass is 10.0. The molecule has 1 aromatic heterocycles. The van der Waals surface area contributed by atoms with Crippen molar-refractivity contribution in [3.63, 3.8) is 0 Å². The Morgan fingerprint density at radius 3 is 2.62 bits per heavy atom. The molecule has 2 heterocycles. The smallest absolute Gasteiger partial charge is 0.217 e. The number of benzene rings is 1. The molecule has 21 heavy (non-hydrogen) atoms. The van der Waals surface area contributed by atoms with E-state index in [4.69, 9.17) is 0 Å². The van der Waals surface area contributed by atoms with Gasteiger partial charge < -0.3 is 0 Å². The van der Waals surface area contributed by atoms with Gasteiger partial charge in [-0.15, -0.1) is 5.10 Å². The molecule has 0 N–H and O–H groups in total. The fourth-order valence-corrected chi connectivity index (χ4v) is 2.77. The predicted octanol–water partition coefficient (Wildman–Crippen LogP) is 3.01. The van der Waals surface area contributed by atoms with Gasteiger partial charge >= 0.3 is 0 Å². The van der Waals surface area contributed by atoms with Crippen LogP contribution in [0.2, 0.25) is 0 Å². The van der Waals surface area contributed by atoms with Crippen molar-refractivity contribution < 1.29 is 13.6 Å². The number of hydrogen-bond donors (Lipinski definition) is 0. The average Bonchev–Trinajstić information content (AvgIpc) is 3.16. The van der Waals surface area contributed by atoms with Gasteiger partial charge in [-0.05, 0) is 30.5 Å². The number of Topliss-reactive ketones (excluding diaryl/α,β-unsaturated/α-hetero) is 1. The molecule has 6 heteroatoms. The van der Waals surface area contributed by atoms with Gasteiger partial charge in [-0.1, -0.05) is 12.1 Å². The van der Waals surface area contributed by atoms with Crippen molar-refractivity contribution in [3.8, 4) is 0 Å².